The maximum atomic E-state index is 11.8. The standard InChI is InChI=1S/C14H21N3OS/c1-9-10(2)19-14(15-9)8-17-7-13(18)16-11-5-3-4-6-12(11)17/h11-12H,3-8H2,1-2H3,(H,16,18). The van der Waals surface area contributed by atoms with Gasteiger partial charge in [-0.2, -0.15) is 0 Å². The molecule has 1 aromatic rings. The molecule has 1 aliphatic carbocycles. The van der Waals surface area contributed by atoms with Gasteiger partial charge in [-0.1, -0.05) is 12.8 Å². The highest BCUT2D eigenvalue weighted by Crippen LogP contribution is 2.28. The number of nitrogens with zero attached hydrogens (tertiary/aromatic N) is 2. The van der Waals surface area contributed by atoms with E-state index in [4.69, 9.17) is 0 Å². The van der Waals surface area contributed by atoms with Crippen LogP contribution in [-0.4, -0.2) is 34.4 Å². The summed E-state index contributed by atoms with van der Waals surface area (Å²) in [6.45, 7) is 5.53. The molecule has 4 nitrogen and oxygen atoms in total. The Hall–Kier alpha value is -0.940. The van der Waals surface area contributed by atoms with E-state index in [0.717, 1.165) is 23.7 Å². The third-order valence-corrected chi connectivity index (χ3v) is 5.36. The molecule has 1 aliphatic heterocycles. The maximum absolute atomic E-state index is 11.8. The highest BCUT2D eigenvalue weighted by molar-refractivity contribution is 7.11. The lowest BCUT2D eigenvalue weighted by atomic mass is 9.87. The molecule has 3 rings (SSSR count). The van der Waals surface area contributed by atoms with E-state index in [9.17, 15) is 4.79 Å². The molecule has 1 N–H and O–H groups in total. The van der Waals surface area contributed by atoms with Crippen LogP contribution in [0.3, 0.4) is 0 Å². The van der Waals surface area contributed by atoms with Gasteiger partial charge in [0.05, 0.1) is 18.8 Å². The average molecular weight is 279 g/mol. The van der Waals surface area contributed by atoms with Crippen LogP contribution in [0.15, 0.2) is 0 Å². The number of hydrogen-bond acceptors (Lipinski definition) is 4. The lowest BCUT2D eigenvalue weighted by Gasteiger charge is -2.43. The summed E-state index contributed by atoms with van der Waals surface area (Å²) in [6, 6.07) is 0.869. The lowest BCUT2D eigenvalue weighted by Crippen LogP contribution is -2.61. The normalized spacial score (nSPS) is 28.0. The second kappa shape index (κ2) is 5.21. The Kier molecular flexibility index (Phi) is 3.58. The first kappa shape index (κ1) is 13.1. The molecular formula is C14H21N3OS. The Morgan fingerprint density at radius 2 is 2.16 bits per heavy atom. The van der Waals surface area contributed by atoms with Gasteiger partial charge < -0.3 is 5.32 Å². The number of carbonyl (C=O) groups is 1. The van der Waals surface area contributed by atoms with Crippen LogP contribution >= 0.6 is 11.3 Å². The van der Waals surface area contributed by atoms with Gasteiger partial charge in [-0.3, -0.25) is 9.69 Å². The van der Waals surface area contributed by atoms with Gasteiger partial charge in [0.15, 0.2) is 0 Å². The van der Waals surface area contributed by atoms with E-state index in [1.165, 1.54) is 24.1 Å². The van der Waals surface area contributed by atoms with Crippen molar-refractivity contribution in [3.63, 3.8) is 0 Å². The molecule has 1 saturated carbocycles. The predicted octanol–water partition coefficient (Wildman–Crippen LogP) is 2.00. The quantitative estimate of drug-likeness (QED) is 0.900. The number of nitrogens with one attached hydrogen (secondary N) is 1. The average Bonchev–Trinajstić information content (AvgIpc) is 2.68. The summed E-state index contributed by atoms with van der Waals surface area (Å²) in [5.41, 5.74) is 1.13. The zero-order chi connectivity index (χ0) is 13.4. The van der Waals surface area contributed by atoms with E-state index in [0.29, 0.717) is 18.6 Å². The van der Waals surface area contributed by atoms with Crippen LogP contribution in [0.2, 0.25) is 0 Å². The van der Waals surface area contributed by atoms with Crippen LogP contribution < -0.4 is 5.32 Å². The van der Waals surface area contributed by atoms with Gasteiger partial charge >= 0.3 is 0 Å². The Morgan fingerprint density at radius 1 is 1.37 bits per heavy atom. The van der Waals surface area contributed by atoms with Gasteiger partial charge in [-0.15, -0.1) is 11.3 Å². The van der Waals surface area contributed by atoms with Crippen LogP contribution in [0.4, 0.5) is 0 Å². The van der Waals surface area contributed by atoms with E-state index in [1.807, 2.05) is 0 Å². The van der Waals surface area contributed by atoms with E-state index in [2.05, 4.69) is 29.0 Å². The number of fused-ring (bicyclic) bond motifs is 1. The van der Waals surface area contributed by atoms with Crippen molar-refractivity contribution in [3.8, 4) is 0 Å². The van der Waals surface area contributed by atoms with Crippen LogP contribution in [0, 0.1) is 13.8 Å². The highest BCUT2D eigenvalue weighted by Gasteiger charge is 2.36. The second-order valence-electron chi connectivity index (χ2n) is 5.68. The molecule has 2 atom stereocenters. The number of rotatable bonds is 2. The molecule has 5 heteroatoms. The third kappa shape index (κ3) is 2.67. The summed E-state index contributed by atoms with van der Waals surface area (Å²) in [7, 11) is 0. The minimum atomic E-state index is 0.174. The van der Waals surface area contributed by atoms with Crippen molar-refractivity contribution in [2.75, 3.05) is 6.54 Å². The van der Waals surface area contributed by atoms with Gasteiger partial charge in [0.1, 0.15) is 5.01 Å². The van der Waals surface area contributed by atoms with Crippen molar-refractivity contribution < 1.29 is 4.79 Å². The molecule has 0 spiro atoms. The second-order valence-corrected chi connectivity index (χ2v) is 6.97. The number of piperazine rings is 1. The number of aryl methyl sites for hydroxylation is 2. The lowest BCUT2D eigenvalue weighted by molar-refractivity contribution is -0.128. The summed E-state index contributed by atoms with van der Waals surface area (Å²) in [6.07, 6.45) is 4.85. The third-order valence-electron chi connectivity index (χ3n) is 4.30. The monoisotopic (exact) mass is 279 g/mol. The SMILES string of the molecule is Cc1nc(CN2CC(=O)NC3CCCCC32)sc1C. The van der Waals surface area contributed by atoms with E-state index < -0.39 is 0 Å². The van der Waals surface area contributed by atoms with Gasteiger partial charge in [0.25, 0.3) is 0 Å². The molecule has 2 fully saturated rings. The van der Waals surface area contributed by atoms with Gasteiger partial charge in [-0.25, -0.2) is 4.98 Å². The van der Waals surface area contributed by atoms with Crippen LogP contribution in [0.1, 0.15) is 41.3 Å². The van der Waals surface area contributed by atoms with Gasteiger partial charge in [-0.05, 0) is 26.7 Å². The first-order valence-corrected chi connectivity index (χ1v) is 7.91. The first-order valence-electron chi connectivity index (χ1n) is 7.10. The molecule has 1 saturated heterocycles. The molecule has 0 radical (unpaired) electrons. The van der Waals surface area contributed by atoms with Crippen LogP contribution in [-0.2, 0) is 11.3 Å². The number of hydrogen-bond donors (Lipinski definition) is 1. The summed E-state index contributed by atoms with van der Waals surface area (Å²) < 4.78 is 0. The molecule has 0 aromatic carbocycles. The van der Waals surface area contributed by atoms with Crippen LogP contribution in [0.5, 0.6) is 0 Å². The summed E-state index contributed by atoms with van der Waals surface area (Å²) in [4.78, 5) is 20.1. The molecule has 104 valence electrons. The maximum Gasteiger partial charge on any atom is 0.234 e. The molecule has 2 heterocycles. The molecule has 1 aromatic heterocycles. The number of thiazole rings is 1. The minimum absolute atomic E-state index is 0.174. The molecule has 0 bridgehead atoms. The van der Waals surface area contributed by atoms with Gasteiger partial charge in [0, 0.05) is 17.0 Å². The van der Waals surface area contributed by atoms with Crippen molar-refractivity contribution in [2.24, 2.45) is 0 Å². The summed E-state index contributed by atoms with van der Waals surface area (Å²) in [5.74, 6) is 0.174. The van der Waals surface area contributed by atoms with E-state index >= 15 is 0 Å². The van der Waals surface area contributed by atoms with Crippen molar-refractivity contribution >= 4 is 17.2 Å². The molecule has 19 heavy (non-hydrogen) atoms. The smallest absolute Gasteiger partial charge is 0.234 e. The number of amides is 1. The molecule has 2 unspecified atom stereocenters. The molecule has 2 aliphatic rings. The Morgan fingerprint density at radius 3 is 2.89 bits per heavy atom. The fourth-order valence-electron chi connectivity index (χ4n) is 3.22. The van der Waals surface area contributed by atoms with Crippen molar-refractivity contribution in [1.82, 2.24) is 15.2 Å². The van der Waals surface area contributed by atoms with Crippen LogP contribution in [0.25, 0.3) is 0 Å². The Labute approximate surface area is 118 Å². The van der Waals surface area contributed by atoms with E-state index in [-0.39, 0.29) is 5.91 Å². The van der Waals surface area contributed by atoms with Gasteiger partial charge in [0.2, 0.25) is 5.91 Å². The predicted molar refractivity (Wildman–Crippen MR) is 76.2 cm³/mol. The summed E-state index contributed by atoms with van der Waals surface area (Å²) >= 11 is 1.76. The molecule has 1 amide bonds. The van der Waals surface area contributed by atoms with Crippen molar-refractivity contribution in [1.29, 1.82) is 0 Å². The zero-order valence-electron chi connectivity index (χ0n) is 11.6. The van der Waals surface area contributed by atoms with E-state index in [1.54, 1.807) is 11.3 Å². The highest BCUT2D eigenvalue weighted by atomic mass is 32.1. The Bertz CT molecular complexity index is 466. The Balaban J connectivity index is 1.75. The number of carbonyl (C=O) groups excluding carboxylic acids is 1. The fourth-order valence-corrected chi connectivity index (χ4v) is 4.18. The van der Waals surface area contributed by atoms with Crippen molar-refractivity contribution in [2.45, 2.75) is 58.2 Å². The molecular weight excluding hydrogens is 258 g/mol. The largest absolute Gasteiger partial charge is 0.351 e. The topological polar surface area (TPSA) is 45.2 Å². The van der Waals surface area contributed by atoms with Crippen molar-refractivity contribution in [3.05, 3.63) is 15.6 Å². The first-order chi connectivity index (χ1) is 9.13. The zero-order valence-corrected chi connectivity index (χ0v) is 12.4. The minimum Gasteiger partial charge on any atom is -0.351 e. The summed E-state index contributed by atoms with van der Waals surface area (Å²) in [5, 5.41) is 4.30. The fraction of sp³-hybridized carbons (Fsp3) is 0.714. The number of aromatic nitrogens is 1.